The summed E-state index contributed by atoms with van der Waals surface area (Å²) in [7, 11) is 0. The van der Waals surface area contributed by atoms with E-state index in [1.54, 1.807) is 4.68 Å². The maximum absolute atomic E-state index is 6.04. The largest absolute Gasteiger partial charge is 0.341 e. The van der Waals surface area contributed by atoms with Crippen molar-refractivity contribution < 1.29 is 0 Å². The molecule has 0 spiro atoms. The Morgan fingerprint density at radius 1 is 0.952 bits per heavy atom. The molecular formula is C13H20ClN7. The SMILES string of the molecule is CCc1nc(CC)n(-c2nc(Cl)nc(N(CC)CC)n2)n1. The van der Waals surface area contributed by atoms with Gasteiger partial charge < -0.3 is 4.90 Å². The van der Waals surface area contributed by atoms with Crippen LogP contribution in [-0.4, -0.2) is 42.8 Å². The molecule has 2 rings (SSSR count). The third kappa shape index (κ3) is 3.29. The normalized spacial score (nSPS) is 10.9. The van der Waals surface area contributed by atoms with Crippen molar-refractivity contribution in [1.29, 1.82) is 0 Å². The van der Waals surface area contributed by atoms with Gasteiger partial charge >= 0.3 is 0 Å². The molecule has 114 valence electrons. The summed E-state index contributed by atoms with van der Waals surface area (Å²) in [5, 5.41) is 4.60. The number of halogens is 1. The minimum absolute atomic E-state index is 0.164. The van der Waals surface area contributed by atoms with Gasteiger partial charge in [-0.25, -0.2) is 4.98 Å². The van der Waals surface area contributed by atoms with Gasteiger partial charge in [0, 0.05) is 25.9 Å². The van der Waals surface area contributed by atoms with E-state index in [0.717, 1.165) is 37.6 Å². The standard InChI is InChI=1S/C13H20ClN7/c1-5-9-15-10(6-2)21(19-9)13-17-11(14)16-12(18-13)20(7-3)8-4/h5-8H2,1-4H3. The highest BCUT2D eigenvalue weighted by atomic mass is 35.5. The van der Waals surface area contributed by atoms with Gasteiger partial charge in [0.25, 0.3) is 5.95 Å². The second kappa shape index (κ2) is 6.80. The molecule has 8 heteroatoms. The highest BCUT2D eigenvalue weighted by Crippen LogP contribution is 2.14. The van der Waals surface area contributed by atoms with Gasteiger partial charge in [0.05, 0.1) is 0 Å². The zero-order valence-corrected chi connectivity index (χ0v) is 13.6. The first-order valence-corrected chi connectivity index (χ1v) is 7.62. The summed E-state index contributed by atoms with van der Waals surface area (Å²) >= 11 is 6.04. The lowest BCUT2D eigenvalue weighted by molar-refractivity contribution is 0.722. The van der Waals surface area contributed by atoms with Crippen molar-refractivity contribution in [2.24, 2.45) is 0 Å². The van der Waals surface area contributed by atoms with Crippen LogP contribution in [0.25, 0.3) is 5.95 Å². The zero-order valence-electron chi connectivity index (χ0n) is 12.8. The molecule has 2 aromatic heterocycles. The van der Waals surface area contributed by atoms with Crippen LogP contribution in [0.2, 0.25) is 5.28 Å². The molecule has 2 heterocycles. The van der Waals surface area contributed by atoms with Crippen LogP contribution in [0.3, 0.4) is 0 Å². The Balaban J connectivity index is 2.51. The molecule has 0 amide bonds. The molecule has 0 unspecified atom stereocenters. The van der Waals surface area contributed by atoms with Crippen LogP contribution in [0.1, 0.15) is 39.3 Å². The minimum Gasteiger partial charge on any atom is -0.341 e. The lowest BCUT2D eigenvalue weighted by Gasteiger charge is -2.18. The highest BCUT2D eigenvalue weighted by Gasteiger charge is 2.15. The van der Waals surface area contributed by atoms with E-state index in [1.807, 2.05) is 32.6 Å². The topological polar surface area (TPSA) is 72.6 Å². The van der Waals surface area contributed by atoms with Crippen molar-refractivity contribution in [2.75, 3.05) is 18.0 Å². The fourth-order valence-electron chi connectivity index (χ4n) is 2.00. The van der Waals surface area contributed by atoms with Crippen LogP contribution in [0.5, 0.6) is 0 Å². The lowest BCUT2D eigenvalue weighted by atomic mass is 10.4. The number of aryl methyl sites for hydroxylation is 2. The number of hydrogen-bond acceptors (Lipinski definition) is 6. The first-order chi connectivity index (χ1) is 10.1. The van der Waals surface area contributed by atoms with Crippen molar-refractivity contribution >= 4 is 17.5 Å². The van der Waals surface area contributed by atoms with E-state index in [2.05, 4.69) is 25.0 Å². The van der Waals surface area contributed by atoms with Crippen molar-refractivity contribution in [1.82, 2.24) is 29.7 Å². The van der Waals surface area contributed by atoms with Crippen LogP contribution in [0, 0.1) is 0 Å². The molecule has 0 aliphatic heterocycles. The van der Waals surface area contributed by atoms with Gasteiger partial charge in [0.1, 0.15) is 5.82 Å². The summed E-state index contributed by atoms with van der Waals surface area (Å²) < 4.78 is 1.65. The second-order valence-electron chi connectivity index (χ2n) is 4.44. The Morgan fingerprint density at radius 3 is 2.24 bits per heavy atom. The van der Waals surface area contributed by atoms with Crippen molar-refractivity contribution in [3.05, 3.63) is 16.9 Å². The smallest absolute Gasteiger partial charge is 0.258 e. The summed E-state index contributed by atoms with van der Waals surface area (Å²) in [4.78, 5) is 19.3. The number of anilines is 1. The van der Waals surface area contributed by atoms with Gasteiger partial charge in [0.15, 0.2) is 5.82 Å². The number of nitrogens with zero attached hydrogens (tertiary/aromatic N) is 7. The highest BCUT2D eigenvalue weighted by molar-refractivity contribution is 6.28. The molecular weight excluding hydrogens is 290 g/mol. The van der Waals surface area contributed by atoms with Crippen molar-refractivity contribution in [3.8, 4) is 5.95 Å². The Morgan fingerprint density at radius 2 is 1.67 bits per heavy atom. The van der Waals surface area contributed by atoms with Crippen LogP contribution in [0.15, 0.2) is 0 Å². The van der Waals surface area contributed by atoms with Crippen molar-refractivity contribution in [2.45, 2.75) is 40.5 Å². The molecule has 0 fully saturated rings. The number of aromatic nitrogens is 6. The zero-order chi connectivity index (χ0) is 15.4. The van der Waals surface area contributed by atoms with Gasteiger partial charge in [-0.05, 0) is 25.4 Å². The maximum Gasteiger partial charge on any atom is 0.258 e. The third-order valence-corrected chi connectivity index (χ3v) is 3.34. The molecule has 0 radical (unpaired) electrons. The molecule has 7 nitrogen and oxygen atoms in total. The average molecular weight is 310 g/mol. The molecule has 0 saturated carbocycles. The van der Waals surface area contributed by atoms with E-state index in [1.165, 1.54) is 0 Å². The van der Waals surface area contributed by atoms with E-state index in [9.17, 15) is 0 Å². The molecule has 0 N–H and O–H groups in total. The number of rotatable bonds is 6. The van der Waals surface area contributed by atoms with E-state index in [4.69, 9.17) is 11.6 Å². The third-order valence-electron chi connectivity index (χ3n) is 3.17. The summed E-state index contributed by atoms with van der Waals surface area (Å²) in [6.45, 7) is 9.73. The van der Waals surface area contributed by atoms with E-state index < -0.39 is 0 Å². The van der Waals surface area contributed by atoms with Crippen LogP contribution < -0.4 is 4.90 Å². The Kier molecular flexibility index (Phi) is 5.06. The molecule has 0 aliphatic carbocycles. The van der Waals surface area contributed by atoms with Crippen LogP contribution in [-0.2, 0) is 12.8 Å². The first-order valence-electron chi connectivity index (χ1n) is 7.24. The molecule has 21 heavy (non-hydrogen) atoms. The predicted octanol–water partition coefficient (Wildman–Crippen LogP) is 2.08. The van der Waals surface area contributed by atoms with E-state index in [-0.39, 0.29) is 5.28 Å². The van der Waals surface area contributed by atoms with Crippen LogP contribution >= 0.6 is 11.6 Å². The minimum atomic E-state index is 0.164. The summed E-state index contributed by atoms with van der Waals surface area (Å²) in [5.41, 5.74) is 0. The molecule has 0 saturated heterocycles. The molecule has 2 aromatic rings. The Bertz CT molecular complexity index is 607. The Labute approximate surface area is 129 Å². The maximum atomic E-state index is 6.04. The van der Waals surface area contributed by atoms with Gasteiger partial charge in [-0.1, -0.05) is 13.8 Å². The second-order valence-corrected chi connectivity index (χ2v) is 4.78. The predicted molar refractivity (Wildman–Crippen MR) is 82.1 cm³/mol. The summed E-state index contributed by atoms with van der Waals surface area (Å²) in [6, 6.07) is 0. The summed E-state index contributed by atoms with van der Waals surface area (Å²) in [5.74, 6) is 2.57. The van der Waals surface area contributed by atoms with Gasteiger partial charge in [0.2, 0.25) is 11.2 Å². The average Bonchev–Trinajstić information content (AvgIpc) is 2.91. The van der Waals surface area contributed by atoms with Gasteiger partial charge in [-0.15, -0.1) is 5.10 Å². The monoisotopic (exact) mass is 309 g/mol. The summed E-state index contributed by atoms with van der Waals surface area (Å²) in [6.07, 6.45) is 1.51. The molecule has 0 bridgehead atoms. The van der Waals surface area contributed by atoms with E-state index in [0.29, 0.717) is 11.9 Å². The van der Waals surface area contributed by atoms with Gasteiger partial charge in [-0.2, -0.15) is 19.6 Å². The van der Waals surface area contributed by atoms with Crippen LogP contribution in [0.4, 0.5) is 5.95 Å². The lowest BCUT2D eigenvalue weighted by Crippen LogP contribution is -2.25. The Hall–Kier alpha value is -1.76. The first kappa shape index (κ1) is 15.6. The van der Waals surface area contributed by atoms with Crippen molar-refractivity contribution in [3.63, 3.8) is 0 Å². The fourth-order valence-corrected chi connectivity index (χ4v) is 2.15. The number of hydrogen-bond donors (Lipinski definition) is 0. The molecule has 0 aromatic carbocycles. The van der Waals surface area contributed by atoms with Gasteiger partial charge in [-0.3, -0.25) is 0 Å². The quantitative estimate of drug-likeness (QED) is 0.813. The van der Waals surface area contributed by atoms with E-state index >= 15 is 0 Å². The molecule has 0 aliphatic rings. The molecule has 0 atom stereocenters. The fraction of sp³-hybridized carbons (Fsp3) is 0.615.